The zero-order valence-corrected chi connectivity index (χ0v) is 13.7. The molecule has 0 saturated heterocycles. The zero-order valence-electron chi connectivity index (χ0n) is 12.2. The van der Waals surface area contributed by atoms with Gasteiger partial charge in [0.25, 0.3) is 9.05 Å². The molecule has 1 aromatic rings. The van der Waals surface area contributed by atoms with Crippen molar-refractivity contribution in [3.05, 3.63) is 18.2 Å². The van der Waals surface area contributed by atoms with E-state index in [9.17, 15) is 13.2 Å². The van der Waals surface area contributed by atoms with E-state index in [1.54, 1.807) is 11.0 Å². The number of nitrogens with zero attached hydrogens (tertiary/aromatic N) is 2. The van der Waals surface area contributed by atoms with E-state index in [-0.39, 0.29) is 10.8 Å². The predicted octanol–water partition coefficient (Wildman–Crippen LogP) is 2.59. The van der Waals surface area contributed by atoms with E-state index in [2.05, 4.69) is 0 Å². The van der Waals surface area contributed by atoms with Crippen LogP contribution in [0.3, 0.4) is 0 Å². The number of rotatable bonds is 5. The maximum atomic E-state index is 12.3. The predicted molar refractivity (Wildman–Crippen MR) is 84.6 cm³/mol. The van der Waals surface area contributed by atoms with Gasteiger partial charge in [0, 0.05) is 23.8 Å². The number of carbonyl (C=O) groups excluding carboxylic acids is 1. The number of benzene rings is 1. The summed E-state index contributed by atoms with van der Waals surface area (Å²) in [6, 6.07) is 4.71. The van der Waals surface area contributed by atoms with Gasteiger partial charge in [-0.25, -0.2) is 8.42 Å². The Balaban J connectivity index is 2.55. The highest BCUT2D eigenvalue weighted by molar-refractivity contribution is 8.13. The van der Waals surface area contributed by atoms with E-state index >= 15 is 0 Å². The van der Waals surface area contributed by atoms with Crippen molar-refractivity contribution in [2.45, 2.75) is 31.6 Å². The monoisotopic (exact) mass is 330 g/mol. The summed E-state index contributed by atoms with van der Waals surface area (Å²) in [6.07, 6.45) is 1.72. The van der Waals surface area contributed by atoms with Crippen molar-refractivity contribution in [1.29, 1.82) is 0 Å². The van der Waals surface area contributed by atoms with Gasteiger partial charge in [-0.2, -0.15) is 0 Å². The van der Waals surface area contributed by atoms with Crippen LogP contribution in [0.4, 0.5) is 11.4 Å². The third-order valence-corrected chi connectivity index (χ3v) is 4.78. The minimum Gasteiger partial charge on any atom is -0.361 e. The molecule has 0 aromatic heterocycles. The maximum Gasteiger partial charge on any atom is 0.261 e. The fourth-order valence-corrected chi connectivity index (χ4v) is 3.32. The Kier molecular flexibility index (Phi) is 4.78. The molecule has 1 amide bonds. The molecule has 1 aromatic carbocycles. The molecule has 5 nitrogen and oxygen atoms in total. The molecule has 21 heavy (non-hydrogen) atoms. The highest BCUT2D eigenvalue weighted by Gasteiger charge is 2.29. The van der Waals surface area contributed by atoms with Gasteiger partial charge in [-0.3, -0.25) is 4.79 Å². The van der Waals surface area contributed by atoms with Crippen molar-refractivity contribution in [3.8, 4) is 0 Å². The Morgan fingerprint density at radius 2 is 1.81 bits per heavy atom. The van der Waals surface area contributed by atoms with Crippen LogP contribution in [0.5, 0.6) is 0 Å². The Bertz CT molecular complexity index is 646. The molecule has 0 atom stereocenters. The first-order chi connectivity index (χ1) is 9.88. The molecule has 0 N–H and O–H groups in total. The summed E-state index contributed by atoms with van der Waals surface area (Å²) >= 11 is 0. The molecule has 0 spiro atoms. The average molecular weight is 331 g/mol. The minimum atomic E-state index is -3.81. The largest absolute Gasteiger partial charge is 0.361 e. The zero-order chi connectivity index (χ0) is 15.6. The van der Waals surface area contributed by atoms with Crippen LogP contribution in [0.15, 0.2) is 23.1 Å². The number of halogens is 1. The van der Waals surface area contributed by atoms with E-state index in [1.165, 1.54) is 12.1 Å². The third kappa shape index (κ3) is 3.32. The van der Waals surface area contributed by atoms with Gasteiger partial charge >= 0.3 is 0 Å². The number of anilines is 2. The first-order valence-corrected chi connectivity index (χ1v) is 9.33. The topological polar surface area (TPSA) is 57.7 Å². The molecular weight excluding hydrogens is 312 g/mol. The van der Waals surface area contributed by atoms with Crippen molar-refractivity contribution in [1.82, 2.24) is 0 Å². The summed E-state index contributed by atoms with van der Waals surface area (Å²) in [4.78, 5) is 15.9. The van der Waals surface area contributed by atoms with Crippen LogP contribution < -0.4 is 9.80 Å². The summed E-state index contributed by atoms with van der Waals surface area (Å²) in [5.74, 6) is -0.0121. The Morgan fingerprint density at radius 3 is 2.38 bits per heavy atom. The Labute approximate surface area is 129 Å². The van der Waals surface area contributed by atoms with Gasteiger partial charge in [0.15, 0.2) is 0 Å². The fourth-order valence-electron chi connectivity index (χ4n) is 2.54. The molecule has 0 radical (unpaired) electrons. The summed E-state index contributed by atoms with van der Waals surface area (Å²) in [5, 5.41) is 0. The highest BCUT2D eigenvalue weighted by atomic mass is 35.7. The van der Waals surface area contributed by atoms with Crippen LogP contribution in [0.25, 0.3) is 0 Å². The van der Waals surface area contributed by atoms with Gasteiger partial charge < -0.3 is 9.80 Å². The van der Waals surface area contributed by atoms with Crippen LogP contribution in [0.1, 0.15) is 26.7 Å². The molecular formula is C14H19ClN2O3S. The Hall–Kier alpha value is -1.27. The molecule has 0 saturated carbocycles. The molecule has 2 rings (SSSR count). The second-order valence-electron chi connectivity index (χ2n) is 5.06. The summed E-state index contributed by atoms with van der Waals surface area (Å²) in [7, 11) is 1.61. The van der Waals surface area contributed by atoms with E-state index < -0.39 is 9.05 Å². The van der Waals surface area contributed by atoms with Crippen molar-refractivity contribution >= 4 is 37.0 Å². The van der Waals surface area contributed by atoms with Crippen molar-refractivity contribution < 1.29 is 13.2 Å². The molecule has 1 heterocycles. The van der Waals surface area contributed by atoms with E-state index in [4.69, 9.17) is 10.7 Å². The maximum absolute atomic E-state index is 12.3. The molecule has 0 fully saturated rings. The van der Waals surface area contributed by atoms with Crippen molar-refractivity contribution in [2.75, 3.05) is 29.4 Å². The molecule has 7 heteroatoms. The van der Waals surface area contributed by atoms with Crippen molar-refractivity contribution in [3.63, 3.8) is 0 Å². The molecule has 1 aliphatic rings. The number of hydrogen-bond acceptors (Lipinski definition) is 4. The van der Waals surface area contributed by atoms with Crippen LogP contribution in [-0.2, 0) is 13.8 Å². The van der Waals surface area contributed by atoms with Crippen LogP contribution in [0, 0.1) is 0 Å². The standard InChI is InChI=1S/C14H19ClN2O3S/c1-3-7-16-10-14(18)17(8-4-2)13-9-11(21(15,19)20)5-6-12(13)16/h5-6,9H,3-4,7-8,10H2,1-2H3. The van der Waals surface area contributed by atoms with Gasteiger partial charge in [0.05, 0.1) is 22.8 Å². The molecule has 116 valence electrons. The lowest BCUT2D eigenvalue weighted by Crippen LogP contribution is -2.46. The number of carbonyl (C=O) groups is 1. The van der Waals surface area contributed by atoms with E-state index in [0.29, 0.717) is 18.8 Å². The van der Waals surface area contributed by atoms with Gasteiger partial charge in [0.1, 0.15) is 0 Å². The summed E-state index contributed by atoms with van der Waals surface area (Å²) in [6.45, 7) is 5.67. The lowest BCUT2D eigenvalue weighted by atomic mass is 10.1. The lowest BCUT2D eigenvalue weighted by molar-refractivity contribution is -0.117. The highest BCUT2D eigenvalue weighted by Crippen LogP contribution is 2.36. The molecule has 1 aliphatic heterocycles. The average Bonchev–Trinajstić information content (AvgIpc) is 2.42. The fraction of sp³-hybridized carbons (Fsp3) is 0.500. The van der Waals surface area contributed by atoms with Gasteiger partial charge in [-0.05, 0) is 31.0 Å². The normalized spacial score (nSPS) is 15.3. The SMILES string of the molecule is CCCN1CC(=O)N(CCC)c2cc(S(=O)(=O)Cl)ccc21. The Morgan fingerprint density at radius 1 is 1.14 bits per heavy atom. The van der Waals surface area contributed by atoms with Crippen molar-refractivity contribution in [2.24, 2.45) is 0 Å². The van der Waals surface area contributed by atoms with E-state index in [0.717, 1.165) is 25.1 Å². The first-order valence-electron chi connectivity index (χ1n) is 7.02. The molecule has 0 bridgehead atoms. The second-order valence-corrected chi connectivity index (χ2v) is 7.62. The van der Waals surface area contributed by atoms with Gasteiger partial charge in [-0.15, -0.1) is 0 Å². The van der Waals surface area contributed by atoms with Gasteiger partial charge in [-0.1, -0.05) is 13.8 Å². The van der Waals surface area contributed by atoms with Crippen LogP contribution in [0.2, 0.25) is 0 Å². The number of amides is 1. The van der Waals surface area contributed by atoms with Crippen LogP contribution in [-0.4, -0.2) is 34.0 Å². The molecule has 0 aliphatic carbocycles. The summed E-state index contributed by atoms with van der Waals surface area (Å²) < 4.78 is 23.0. The smallest absolute Gasteiger partial charge is 0.261 e. The number of hydrogen-bond donors (Lipinski definition) is 0. The quantitative estimate of drug-likeness (QED) is 0.779. The van der Waals surface area contributed by atoms with Gasteiger partial charge in [0.2, 0.25) is 5.91 Å². The summed E-state index contributed by atoms with van der Waals surface area (Å²) in [5.41, 5.74) is 1.51. The number of fused-ring (bicyclic) bond motifs is 1. The van der Waals surface area contributed by atoms with Crippen LogP contribution >= 0.6 is 10.7 Å². The lowest BCUT2D eigenvalue weighted by Gasteiger charge is -2.37. The second kappa shape index (κ2) is 6.23. The first kappa shape index (κ1) is 16.1. The minimum absolute atomic E-state index is 0.0121. The third-order valence-electron chi connectivity index (χ3n) is 3.43. The molecule has 0 unspecified atom stereocenters. The van der Waals surface area contributed by atoms with E-state index in [1.807, 2.05) is 18.7 Å².